The van der Waals surface area contributed by atoms with Crippen molar-refractivity contribution >= 4 is 54.6 Å². The van der Waals surface area contributed by atoms with E-state index in [2.05, 4.69) is 42.4 Å². The smallest absolute Gasteiger partial charge is 0.229 e. The Balaban J connectivity index is 1.80. The van der Waals surface area contributed by atoms with Crippen molar-refractivity contribution in [3.63, 3.8) is 0 Å². The number of nitrogens with two attached hydrogens (primary N) is 1. The molecule has 0 aliphatic carbocycles. The second kappa shape index (κ2) is 7.22. The number of hydrogen-bond acceptors (Lipinski definition) is 5. The first-order chi connectivity index (χ1) is 11.9. The first kappa shape index (κ1) is 17.4. The first-order valence-electron chi connectivity index (χ1n) is 7.28. The van der Waals surface area contributed by atoms with Crippen LogP contribution >= 0.6 is 15.9 Å². The van der Waals surface area contributed by atoms with Gasteiger partial charge < -0.3 is 10.6 Å². The Kier molecular flexibility index (Phi) is 5.03. The van der Waals surface area contributed by atoms with Crippen LogP contribution < -0.4 is 15.8 Å². The van der Waals surface area contributed by atoms with Crippen LogP contribution in [-0.4, -0.2) is 20.0 Å². The molecule has 0 bridgehead atoms. The van der Waals surface area contributed by atoms with Gasteiger partial charge in [0, 0.05) is 22.5 Å². The van der Waals surface area contributed by atoms with Crippen LogP contribution in [0.25, 0.3) is 0 Å². The molecule has 128 valence electrons. The summed E-state index contributed by atoms with van der Waals surface area (Å²) in [7, 11) is -2.71. The molecule has 2 aromatic carbocycles. The molecule has 0 fully saturated rings. The predicted octanol–water partition coefficient (Wildman–Crippen LogP) is 3.68. The van der Waals surface area contributed by atoms with E-state index in [1.165, 1.54) is 0 Å². The Morgan fingerprint density at radius 1 is 1.00 bits per heavy atom. The third kappa shape index (κ3) is 4.56. The molecule has 1 aromatic heterocycles. The molecular formula is C17H16BrN5OS. The molecule has 0 aliphatic rings. The maximum atomic E-state index is 11.7. The van der Waals surface area contributed by atoms with Crippen molar-refractivity contribution in [3.8, 4) is 0 Å². The second-order valence-electron chi connectivity index (χ2n) is 5.26. The van der Waals surface area contributed by atoms with Gasteiger partial charge in [0.1, 0.15) is 5.82 Å². The average Bonchev–Trinajstić information content (AvgIpc) is 2.58. The molecule has 8 heteroatoms. The summed E-state index contributed by atoms with van der Waals surface area (Å²) in [6, 6.07) is 16.6. The number of anilines is 4. The van der Waals surface area contributed by atoms with Crippen molar-refractivity contribution < 1.29 is 4.21 Å². The molecule has 0 aliphatic heterocycles. The average molecular weight is 418 g/mol. The van der Waals surface area contributed by atoms with E-state index in [1.54, 1.807) is 30.5 Å². The molecule has 1 atom stereocenters. The summed E-state index contributed by atoms with van der Waals surface area (Å²) in [4.78, 5) is 9.19. The lowest BCUT2D eigenvalue weighted by Gasteiger charge is -2.11. The Hall–Kier alpha value is -2.42. The summed E-state index contributed by atoms with van der Waals surface area (Å²) in [6.45, 7) is 0. The minimum absolute atomic E-state index is 0.428. The zero-order valence-corrected chi connectivity index (χ0v) is 15.5. The van der Waals surface area contributed by atoms with Crippen molar-refractivity contribution in [2.24, 2.45) is 5.14 Å². The maximum absolute atomic E-state index is 11.7. The third-order valence-electron chi connectivity index (χ3n) is 3.29. The Morgan fingerprint density at radius 2 is 1.64 bits per heavy atom. The third-order valence-corrected chi connectivity index (χ3v) is 4.94. The number of hydrogen-bond donors (Lipinski definition) is 3. The lowest BCUT2D eigenvalue weighted by Crippen LogP contribution is -2.11. The summed E-state index contributed by atoms with van der Waals surface area (Å²) in [5.41, 5.74) is 1.67. The zero-order valence-electron chi connectivity index (χ0n) is 13.1. The van der Waals surface area contributed by atoms with Gasteiger partial charge in [0.15, 0.2) is 0 Å². The SMILES string of the molecule is C=S(N)(=O)c1ccc(Nc2ncc(Br)c(Nc3ccccc3)n2)cc1. The van der Waals surface area contributed by atoms with Gasteiger partial charge in [-0.05, 0) is 58.2 Å². The van der Waals surface area contributed by atoms with E-state index in [0.29, 0.717) is 16.7 Å². The van der Waals surface area contributed by atoms with Gasteiger partial charge in [-0.15, -0.1) is 0 Å². The highest BCUT2D eigenvalue weighted by Crippen LogP contribution is 2.25. The van der Waals surface area contributed by atoms with Crippen LogP contribution in [0.4, 0.5) is 23.1 Å². The van der Waals surface area contributed by atoms with E-state index < -0.39 is 9.71 Å². The molecular weight excluding hydrogens is 402 g/mol. The molecule has 6 nitrogen and oxygen atoms in total. The van der Waals surface area contributed by atoms with E-state index >= 15 is 0 Å². The molecule has 3 rings (SSSR count). The summed E-state index contributed by atoms with van der Waals surface area (Å²) in [6.07, 6.45) is 1.66. The van der Waals surface area contributed by atoms with Crippen molar-refractivity contribution in [3.05, 3.63) is 65.3 Å². The largest absolute Gasteiger partial charge is 0.339 e. The number of benzene rings is 2. The summed E-state index contributed by atoms with van der Waals surface area (Å²) >= 11 is 3.44. The van der Waals surface area contributed by atoms with E-state index in [4.69, 9.17) is 5.14 Å². The molecule has 3 aromatic rings. The monoisotopic (exact) mass is 417 g/mol. The van der Waals surface area contributed by atoms with Gasteiger partial charge in [-0.1, -0.05) is 18.2 Å². The number of para-hydroxylation sites is 1. The van der Waals surface area contributed by atoms with Gasteiger partial charge in [0.2, 0.25) is 5.95 Å². The molecule has 0 spiro atoms. The van der Waals surface area contributed by atoms with E-state index in [1.807, 2.05) is 30.3 Å². The minimum atomic E-state index is -2.71. The number of halogens is 1. The molecule has 25 heavy (non-hydrogen) atoms. The number of aromatic nitrogens is 2. The topological polar surface area (TPSA) is 92.9 Å². The van der Waals surface area contributed by atoms with Crippen molar-refractivity contribution in [1.82, 2.24) is 9.97 Å². The van der Waals surface area contributed by atoms with Gasteiger partial charge in [0.25, 0.3) is 0 Å². The van der Waals surface area contributed by atoms with Crippen LogP contribution in [0.15, 0.2) is 70.2 Å². The lowest BCUT2D eigenvalue weighted by atomic mass is 10.3. The van der Waals surface area contributed by atoms with Gasteiger partial charge in [-0.2, -0.15) is 4.98 Å². The van der Waals surface area contributed by atoms with Crippen LogP contribution in [0.1, 0.15) is 0 Å². The highest BCUT2D eigenvalue weighted by Gasteiger charge is 2.07. The highest BCUT2D eigenvalue weighted by atomic mass is 79.9. The van der Waals surface area contributed by atoms with Crippen molar-refractivity contribution in [1.29, 1.82) is 0 Å². The quantitative estimate of drug-likeness (QED) is 0.550. The van der Waals surface area contributed by atoms with Crippen LogP contribution in [0.5, 0.6) is 0 Å². The molecule has 0 radical (unpaired) electrons. The fourth-order valence-corrected chi connectivity index (χ4v) is 2.96. The van der Waals surface area contributed by atoms with Gasteiger partial charge in [-0.3, -0.25) is 5.14 Å². The second-order valence-corrected chi connectivity index (χ2v) is 8.04. The molecule has 0 amide bonds. The van der Waals surface area contributed by atoms with Crippen LogP contribution in [0.3, 0.4) is 0 Å². The molecule has 1 unspecified atom stereocenters. The summed E-state index contributed by atoms with van der Waals surface area (Å²) in [5, 5.41) is 11.9. The van der Waals surface area contributed by atoms with Gasteiger partial charge >= 0.3 is 0 Å². The van der Waals surface area contributed by atoms with Crippen molar-refractivity contribution in [2.45, 2.75) is 4.90 Å². The zero-order chi connectivity index (χ0) is 17.9. The van der Waals surface area contributed by atoms with E-state index in [9.17, 15) is 4.21 Å². The Labute approximate surface area is 154 Å². The maximum Gasteiger partial charge on any atom is 0.229 e. The van der Waals surface area contributed by atoms with Crippen LogP contribution in [-0.2, 0) is 9.71 Å². The van der Waals surface area contributed by atoms with Gasteiger partial charge in [0.05, 0.1) is 14.2 Å². The standard InChI is InChI=1S/C17H16BrN5OS/c1-25(19,24)14-9-7-13(8-10-14)22-17-20-11-15(18)16(23-17)21-12-5-3-2-4-6-12/h2-11H,1H2,(H2,19,24)(H2,20,21,22,23). The van der Waals surface area contributed by atoms with Crippen molar-refractivity contribution in [2.75, 3.05) is 10.6 Å². The summed E-state index contributed by atoms with van der Waals surface area (Å²) < 4.78 is 12.5. The first-order valence-corrected chi connectivity index (χ1v) is 9.87. The fourth-order valence-electron chi connectivity index (χ4n) is 2.07. The fraction of sp³-hybridized carbons (Fsp3) is 0. The van der Waals surface area contributed by atoms with Gasteiger partial charge in [-0.25, -0.2) is 9.19 Å². The highest BCUT2D eigenvalue weighted by molar-refractivity contribution is 9.10. The van der Waals surface area contributed by atoms with Crippen LogP contribution in [0, 0.1) is 0 Å². The minimum Gasteiger partial charge on any atom is -0.339 e. The van der Waals surface area contributed by atoms with E-state index in [0.717, 1.165) is 15.8 Å². The Bertz CT molecular complexity index is 976. The predicted molar refractivity (Wildman–Crippen MR) is 107 cm³/mol. The van der Waals surface area contributed by atoms with E-state index in [-0.39, 0.29) is 0 Å². The van der Waals surface area contributed by atoms with Crippen LogP contribution in [0.2, 0.25) is 0 Å². The molecule has 0 saturated carbocycles. The Morgan fingerprint density at radius 3 is 2.28 bits per heavy atom. The molecule has 0 saturated heterocycles. The molecule has 4 N–H and O–H groups in total. The normalized spacial score (nSPS) is 13.0. The lowest BCUT2D eigenvalue weighted by molar-refractivity contribution is 0.682. The number of rotatable bonds is 5. The summed E-state index contributed by atoms with van der Waals surface area (Å²) in [5.74, 6) is 4.53. The number of nitrogens with one attached hydrogen (secondary N) is 2. The molecule has 1 heterocycles. The number of nitrogens with zero attached hydrogens (tertiary/aromatic N) is 2.